The van der Waals surface area contributed by atoms with Gasteiger partial charge in [0, 0.05) is 21.2 Å². The Labute approximate surface area is 217 Å². The van der Waals surface area contributed by atoms with Crippen LogP contribution in [0.4, 0.5) is 5.69 Å². The molecule has 6 rings (SSSR count). The fraction of sp³-hybridized carbons (Fsp3) is 0.0400. The number of carbonyl (C=O) groups excluding carboxylic acids is 1. The minimum atomic E-state index is -0.411. The number of hydrogen-bond acceptors (Lipinski definition) is 5. The highest BCUT2D eigenvalue weighted by molar-refractivity contribution is 7.15. The van der Waals surface area contributed by atoms with Gasteiger partial charge in [-0.25, -0.2) is 0 Å². The van der Waals surface area contributed by atoms with Gasteiger partial charge in [0.1, 0.15) is 4.53 Å². The first-order valence-corrected chi connectivity index (χ1v) is 12.4. The maximum Gasteiger partial charge on any atom is 0.291 e. The number of thiazole rings is 1. The van der Waals surface area contributed by atoms with Crippen LogP contribution in [-0.4, -0.2) is 20.5 Å². The molecular formula is C25H13Cl3N4O2S. The number of nitrogens with zero attached hydrogens (tertiary/aromatic N) is 4. The molecule has 35 heavy (non-hydrogen) atoms. The quantitative estimate of drug-likeness (QED) is 0.314. The molecule has 1 aliphatic rings. The van der Waals surface area contributed by atoms with Crippen molar-refractivity contribution in [2.45, 2.75) is 6.54 Å². The highest BCUT2D eigenvalue weighted by atomic mass is 35.5. The van der Waals surface area contributed by atoms with Crippen LogP contribution in [0.3, 0.4) is 0 Å². The highest BCUT2D eigenvalue weighted by Gasteiger charge is 2.34. The number of amides is 1. The molecule has 1 amide bonds. The van der Waals surface area contributed by atoms with Gasteiger partial charge in [-0.3, -0.25) is 9.59 Å². The van der Waals surface area contributed by atoms with Crippen LogP contribution in [-0.2, 0) is 11.3 Å². The number of aromatic nitrogens is 3. The molecule has 2 aromatic heterocycles. The number of carbonyl (C=O) groups is 1. The van der Waals surface area contributed by atoms with Crippen molar-refractivity contribution in [3.05, 3.63) is 108 Å². The Morgan fingerprint density at radius 2 is 1.63 bits per heavy atom. The average molecular weight is 540 g/mol. The molecule has 6 nitrogen and oxygen atoms in total. The van der Waals surface area contributed by atoms with Gasteiger partial charge in [0.15, 0.2) is 5.82 Å². The third kappa shape index (κ3) is 3.63. The zero-order valence-corrected chi connectivity index (χ0v) is 20.8. The summed E-state index contributed by atoms with van der Waals surface area (Å²) >= 11 is 19.7. The van der Waals surface area contributed by atoms with Crippen molar-refractivity contribution in [2.75, 3.05) is 4.90 Å². The first-order valence-electron chi connectivity index (χ1n) is 10.5. The van der Waals surface area contributed by atoms with Gasteiger partial charge in [0.05, 0.1) is 22.8 Å². The van der Waals surface area contributed by atoms with Gasteiger partial charge >= 0.3 is 0 Å². The average Bonchev–Trinajstić information content (AvgIpc) is 3.46. The number of halogens is 3. The molecule has 0 bridgehead atoms. The van der Waals surface area contributed by atoms with E-state index in [-0.39, 0.29) is 17.0 Å². The molecule has 0 radical (unpaired) electrons. The number of anilines is 1. The van der Waals surface area contributed by atoms with Crippen molar-refractivity contribution in [2.24, 2.45) is 0 Å². The standard InChI is InChI=1S/C25H13Cl3N4O2S/c26-14-9-10-15(18(28)11-14)22-29-25-32(30-22)24(34)21(35-25)20-16-6-2-4-8-19(16)31(23(20)33)12-13-5-1-3-7-17(13)27/h1-11H,12H2/b21-20-. The second kappa shape index (κ2) is 8.46. The predicted octanol–water partition coefficient (Wildman–Crippen LogP) is 5.24. The number of benzene rings is 3. The maximum absolute atomic E-state index is 13.6. The van der Waals surface area contributed by atoms with E-state index < -0.39 is 5.56 Å². The van der Waals surface area contributed by atoms with Crippen LogP contribution in [0.5, 0.6) is 0 Å². The number of para-hydroxylation sites is 1. The van der Waals surface area contributed by atoms with Crippen molar-refractivity contribution < 1.29 is 4.79 Å². The summed E-state index contributed by atoms with van der Waals surface area (Å²) in [4.78, 5) is 33.5. The Morgan fingerprint density at radius 1 is 0.857 bits per heavy atom. The van der Waals surface area contributed by atoms with Crippen molar-refractivity contribution >= 4 is 68.3 Å². The summed E-state index contributed by atoms with van der Waals surface area (Å²) in [6.45, 7) is 0.285. The summed E-state index contributed by atoms with van der Waals surface area (Å²) in [5.74, 6) is 0.0405. The summed E-state index contributed by atoms with van der Waals surface area (Å²) in [7, 11) is 0. The molecule has 0 atom stereocenters. The fourth-order valence-corrected chi connectivity index (χ4v) is 5.81. The van der Waals surface area contributed by atoms with E-state index in [0.717, 1.165) is 22.6 Å². The molecule has 0 saturated heterocycles. The molecule has 172 valence electrons. The van der Waals surface area contributed by atoms with Gasteiger partial charge in [-0.2, -0.15) is 9.50 Å². The molecule has 0 aliphatic carbocycles. The van der Waals surface area contributed by atoms with E-state index in [2.05, 4.69) is 10.1 Å². The lowest BCUT2D eigenvalue weighted by molar-refractivity contribution is -0.113. The normalized spacial score (nSPS) is 14.7. The molecule has 0 fully saturated rings. The summed E-state index contributed by atoms with van der Waals surface area (Å²) in [5.41, 5.74) is 2.71. The van der Waals surface area contributed by atoms with E-state index in [4.69, 9.17) is 34.8 Å². The van der Waals surface area contributed by atoms with Crippen molar-refractivity contribution in [3.63, 3.8) is 0 Å². The van der Waals surface area contributed by atoms with E-state index in [1.165, 1.54) is 4.52 Å². The first-order chi connectivity index (χ1) is 16.9. The van der Waals surface area contributed by atoms with Crippen LogP contribution in [0.1, 0.15) is 11.1 Å². The number of fused-ring (bicyclic) bond motifs is 2. The Kier molecular flexibility index (Phi) is 5.38. The Balaban J connectivity index is 1.50. The topological polar surface area (TPSA) is 67.6 Å². The second-order valence-corrected chi connectivity index (χ2v) is 10.1. The van der Waals surface area contributed by atoms with Crippen LogP contribution in [0.15, 0.2) is 71.5 Å². The molecule has 0 unspecified atom stereocenters. The third-order valence-corrected chi connectivity index (χ3v) is 7.71. The van der Waals surface area contributed by atoms with E-state index in [0.29, 0.717) is 42.6 Å². The highest BCUT2D eigenvalue weighted by Crippen LogP contribution is 2.37. The van der Waals surface area contributed by atoms with Crippen LogP contribution < -0.4 is 15.0 Å². The van der Waals surface area contributed by atoms with Gasteiger partial charge in [-0.1, -0.05) is 82.5 Å². The third-order valence-electron chi connectivity index (χ3n) is 5.77. The van der Waals surface area contributed by atoms with E-state index in [1.54, 1.807) is 29.2 Å². The lowest BCUT2D eigenvalue weighted by Crippen LogP contribution is -2.32. The summed E-state index contributed by atoms with van der Waals surface area (Å²) in [6, 6.07) is 19.7. The molecular weight excluding hydrogens is 527 g/mol. The van der Waals surface area contributed by atoms with Gasteiger partial charge in [0.25, 0.3) is 11.5 Å². The molecule has 3 aromatic carbocycles. The van der Waals surface area contributed by atoms with Gasteiger partial charge in [-0.15, -0.1) is 5.10 Å². The molecule has 3 heterocycles. The Hall–Kier alpha value is -3.23. The lowest BCUT2D eigenvalue weighted by atomic mass is 10.1. The monoisotopic (exact) mass is 538 g/mol. The zero-order chi connectivity index (χ0) is 24.3. The first kappa shape index (κ1) is 22.2. The van der Waals surface area contributed by atoms with Crippen LogP contribution in [0.2, 0.25) is 15.1 Å². The van der Waals surface area contributed by atoms with Gasteiger partial charge < -0.3 is 4.90 Å². The minimum Gasteiger partial charge on any atom is -0.303 e. The molecule has 0 saturated carbocycles. The van der Waals surface area contributed by atoms with E-state index in [1.807, 2.05) is 42.5 Å². The maximum atomic E-state index is 13.6. The van der Waals surface area contributed by atoms with Crippen molar-refractivity contribution in [1.82, 2.24) is 14.6 Å². The summed E-state index contributed by atoms with van der Waals surface area (Å²) in [6.07, 6.45) is 0. The second-order valence-electron chi connectivity index (χ2n) is 7.87. The summed E-state index contributed by atoms with van der Waals surface area (Å²) in [5, 5.41) is 5.81. The van der Waals surface area contributed by atoms with Crippen LogP contribution >= 0.6 is 46.1 Å². The number of hydrogen-bond donors (Lipinski definition) is 0. The van der Waals surface area contributed by atoms with Crippen LogP contribution in [0, 0.1) is 0 Å². The van der Waals surface area contributed by atoms with E-state index in [9.17, 15) is 9.59 Å². The molecule has 5 aromatic rings. The SMILES string of the molecule is O=C1/C(=c2\sc3nc(-c4ccc(Cl)cc4Cl)nn3c2=O)c2ccccc2N1Cc1ccccc1Cl. The Morgan fingerprint density at radius 3 is 2.40 bits per heavy atom. The molecule has 0 spiro atoms. The Bertz CT molecular complexity index is 1780. The zero-order valence-electron chi connectivity index (χ0n) is 17.7. The largest absolute Gasteiger partial charge is 0.303 e. The van der Waals surface area contributed by atoms with Crippen LogP contribution in [0.25, 0.3) is 21.9 Å². The molecule has 0 N–H and O–H groups in total. The smallest absolute Gasteiger partial charge is 0.291 e. The number of rotatable bonds is 3. The van der Waals surface area contributed by atoms with Gasteiger partial charge in [-0.05, 0) is 35.9 Å². The van der Waals surface area contributed by atoms with Crippen molar-refractivity contribution in [1.29, 1.82) is 0 Å². The minimum absolute atomic E-state index is 0.270. The van der Waals surface area contributed by atoms with Crippen molar-refractivity contribution in [3.8, 4) is 11.4 Å². The summed E-state index contributed by atoms with van der Waals surface area (Å²) < 4.78 is 1.49. The van der Waals surface area contributed by atoms with Gasteiger partial charge in [0.2, 0.25) is 4.96 Å². The predicted molar refractivity (Wildman–Crippen MR) is 139 cm³/mol. The van der Waals surface area contributed by atoms with E-state index >= 15 is 0 Å². The lowest BCUT2D eigenvalue weighted by Gasteiger charge is -2.17. The molecule has 1 aliphatic heterocycles. The fourth-order valence-electron chi connectivity index (χ4n) is 4.12. The molecule has 10 heteroatoms.